The van der Waals surface area contributed by atoms with Gasteiger partial charge in [0, 0.05) is 25.8 Å². The number of hydrogen-bond donors (Lipinski definition) is 1. The van der Waals surface area contributed by atoms with Crippen molar-refractivity contribution in [2.45, 2.75) is 40.5 Å². The zero-order valence-corrected chi connectivity index (χ0v) is 15.6. The summed E-state index contributed by atoms with van der Waals surface area (Å²) >= 11 is 0. The highest BCUT2D eigenvalue weighted by molar-refractivity contribution is 6.02. The van der Waals surface area contributed by atoms with E-state index in [-0.39, 0.29) is 11.8 Å². The molecule has 0 spiro atoms. The topological polar surface area (TPSA) is 66.7 Å². The average Bonchev–Trinajstić information content (AvgIpc) is 2.98. The van der Waals surface area contributed by atoms with Crippen molar-refractivity contribution in [3.05, 3.63) is 35.9 Å². The number of nitrogens with zero attached hydrogens (tertiary/aromatic N) is 3. The molecule has 0 fully saturated rings. The molecule has 2 heterocycles. The lowest BCUT2D eigenvalue weighted by Crippen LogP contribution is -2.34. The Balaban J connectivity index is 2.40. The third-order valence-corrected chi connectivity index (χ3v) is 3.90. The zero-order chi connectivity index (χ0) is 18.4. The normalized spacial score (nSPS) is 11.1. The molecule has 2 aromatic rings. The smallest absolute Gasteiger partial charge is 0.290 e. The molecule has 6 heteroatoms. The molecule has 136 valence electrons. The summed E-state index contributed by atoms with van der Waals surface area (Å²) in [6.07, 6.45) is 3.55. The van der Waals surface area contributed by atoms with E-state index in [4.69, 9.17) is 0 Å². The van der Waals surface area contributed by atoms with E-state index in [1.807, 2.05) is 45.9 Å². The number of rotatable bonds is 8. The van der Waals surface area contributed by atoms with Crippen LogP contribution < -0.4 is 5.32 Å². The number of fused-ring (bicyclic) bond motifs is 1. The van der Waals surface area contributed by atoms with Crippen molar-refractivity contribution in [2.75, 3.05) is 19.6 Å². The molecular weight excluding hydrogens is 316 g/mol. The number of carbonyl (C=O) groups is 2. The first kappa shape index (κ1) is 19.0. The van der Waals surface area contributed by atoms with Gasteiger partial charge in [-0.15, -0.1) is 0 Å². The maximum Gasteiger partial charge on any atom is 0.290 e. The summed E-state index contributed by atoms with van der Waals surface area (Å²) in [4.78, 5) is 31.7. The third-order valence-electron chi connectivity index (χ3n) is 3.90. The van der Waals surface area contributed by atoms with Gasteiger partial charge in [-0.1, -0.05) is 33.8 Å². The Hall–Kier alpha value is -2.37. The lowest BCUT2D eigenvalue weighted by Gasteiger charge is -2.20. The Morgan fingerprint density at radius 1 is 1.20 bits per heavy atom. The van der Waals surface area contributed by atoms with Crippen LogP contribution in [0.3, 0.4) is 0 Å². The quantitative estimate of drug-likeness (QED) is 0.800. The SMILES string of the molecule is CCCN(CCC)C(=O)c1nc(C(=O)NCC(C)C)c2ccccn12. The van der Waals surface area contributed by atoms with Gasteiger partial charge in [-0.25, -0.2) is 4.98 Å². The van der Waals surface area contributed by atoms with E-state index in [1.54, 1.807) is 15.5 Å². The number of nitrogens with one attached hydrogen (secondary N) is 1. The summed E-state index contributed by atoms with van der Waals surface area (Å²) in [5, 5.41) is 2.88. The fourth-order valence-electron chi connectivity index (χ4n) is 2.73. The van der Waals surface area contributed by atoms with Gasteiger partial charge in [-0.3, -0.25) is 14.0 Å². The molecule has 0 aliphatic rings. The van der Waals surface area contributed by atoms with Crippen molar-refractivity contribution >= 4 is 17.3 Å². The highest BCUT2D eigenvalue weighted by Crippen LogP contribution is 2.15. The predicted molar refractivity (Wildman–Crippen MR) is 98.8 cm³/mol. The van der Waals surface area contributed by atoms with Crippen LogP contribution in [0.2, 0.25) is 0 Å². The molecule has 1 N–H and O–H groups in total. The lowest BCUT2D eigenvalue weighted by molar-refractivity contribution is 0.0742. The van der Waals surface area contributed by atoms with Gasteiger partial charge in [-0.2, -0.15) is 0 Å². The van der Waals surface area contributed by atoms with E-state index in [2.05, 4.69) is 10.3 Å². The molecule has 0 unspecified atom stereocenters. The van der Waals surface area contributed by atoms with Crippen LogP contribution in [0, 0.1) is 5.92 Å². The number of aromatic nitrogens is 2. The Labute approximate surface area is 149 Å². The van der Waals surface area contributed by atoms with E-state index >= 15 is 0 Å². The molecule has 0 aliphatic carbocycles. The highest BCUT2D eigenvalue weighted by Gasteiger charge is 2.24. The second kappa shape index (κ2) is 8.65. The fourth-order valence-corrected chi connectivity index (χ4v) is 2.73. The number of imidazole rings is 1. The molecule has 0 aliphatic heterocycles. The Kier molecular flexibility index (Phi) is 6.56. The van der Waals surface area contributed by atoms with Gasteiger partial charge in [0.05, 0.1) is 5.52 Å². The van der Waals surface area contributed by atoms with E-state index < -0.39 is 0 Å². The molecule has 0 bridgehead atoms. The summed E-state index contributed by atoms with van der Waals surface area (Å²) in [5.74, 6) is 0.275. The largest absolute Gasteiger partial charge is 0.350 e. The minimum absolute atomic E-state index is 0.132. The van der Waals surface area contributed by atoms with Crippen LogP contribution in [0.4, 0.5) is 0 Å². The third kappa shape index (κ3) is 4.38. The highest BCUT2D eigenvalue weighted by atomic mass is 16.2. The van der Waals surface area contributed by atoms with Crippen molar-refractivity contribution in [2.24, 2.45) is 5.92 Å². The molecular formula is C19H28N4O2. The van der Waals surface area contributed by atoms with E-state index in [9.17, 15) is 9.59 Å². The van der Waals surface area contributed by atoms with Crippen LogP contribution in [-0.2, 0) is 0 Å². The van der Waals surface area contributed by atoms with Gasteiger partial charge < -0.3 is 10.2 Å². The van der Waals surface area contributed by atoms with Crippen LogP contribution in [-0.4, -0.2) is 45.7 Å². The minimum atomic E-state index is -0.242. The molecule has 2 amide bonds. The first-order chi connectivity index (χ1) is 12.0. The van der Waals surface area contributed by atoms with E-state index in [0.29, 0.717) is 42.6 Å². The van der Waals surface area contributed by atoms with Gasteiger partial charge >= 0.3 is 0 Å². The number of pyridine rings is 1. The molecule has 0 atom stereocenters. The molecule has 0 saturated carbocycles. The molecule has 2 rings (SSSR count). The van der Waals surface area contributed by atoms with Crippen LogP contribution in [0.15, 0.2) is 24.4 Å². The summed E-state index contributed by atoms with van der Waals surface area (Å²) in [6, 6.07) is 5.50. The van der Waals surface area contributed by atoms with Gasteiger partial charge in [0.25, 0.3) is 11.8 Å². The van der Waals surface area contributed by atoms with Crippen molar-refractivity contribution in [1.29, 1.82) is 0 Å². The van der Waals surface area contributed by atoms with Crippen LogP contribution in [0.1, 0.15) is 61.6 Å². The van der Waals surface area contributed by atoms with Gasteiger partial charge in [0.2, 0.25) is 5.82 Å². The van der Waals surface area contributed by atoms with Crippen molar-refractivity contribution in [3.63, 3.8) is 0 Å². The molecule has 0 aromatic carbocycles. The second-order valence-electron chi connectivity index (χ2n) is 6.64. The Bertz CT molecular complexity index is 730. The minimum Gasteiger partial charge on any atom is -0.350 e. The number of hydrogen-bond acceptors (Lipinski definition) is 3. The second-order valence-corrected chi connectivity index (χ2v) is 6.64. The predicted octanol–water partition coefficient (Wildman–Crippen LogP) is 2.98. The summed E-state index contributed by atoms with van der Waals surface area (Å²) in [5.41, 5.74) is 0.956. The molecule has 0 radical (unpaired) electrons. The molecule has 25 heavy (non-hydrogen) atoms. The van der Waals surface area contributed by atoms with Gasteiger partial charge in [0.15, 0.2) is 5.69 Å². The van der Waals surface area contributed by atoms with Crippen molar-refractivity contribution in [1.82, 2.24) is 19.6 Å². The molecule has 0 saturated heterocycles. The number of amides is 2. The first-order valence-electron chi connectivity index (χ1n) is 9.04. The Morgan fingerprint density at radius 3 is 2.48 bits per heavy atom. The standard InChI is InChI=1S/C19H28N4O2/c1-5-10-22(11-6-2)19(25)17-21-16(18(24)20-13-14(3)4)15-9-7-8-12-23(15)17/h7-9,12,14H,5-6,10-11,13H2,1-4H3,(H,20,24). The molecule has 2 aromatic heterocycles. The average molecular weight is 344 g/mol. The monoisotopic (exact) mass is 344 g/mol. The fraction of sp³-hybridized carbons (Fsp3) is 0.526. The van der Waals surface area contributed by atoms with Crippen molar-refractivity contribution < 1.29 is 9.59 Å². The number of carbonyl (C=O) groups excluding carboxylic acids is 2. The van der Waals surface area contributed by atoms with E-state index in [0.717, 1.165) is 12.8 Å². The Morgan fingerprint density at radius 2 is 1.88 bits per heavy atom. The maximum absolute atomic E-state index is 13.0. The van der Waals surface area contributed by atoms with Gasteiger partial charge in [-0.05, 0) is 30.9 Å². The first-order valence-corrected chi connectivity index (χ1v) is 9.04. The lowest BCUT2D eigenvalue weighted by atomic mass is 10.2. The summed E-state index contributed by atoms with van der Waals surface area (Å²) in [6.45, 7) is 10.1. The summed E-state index contributed by atoms with van der Waals surface area (Å²) in [7, 11) is 0. The van der Waals surface area contributed by atoms with Crippen LogP contribution >= 0.6 is 0 Å². The van der Waals surface area contributed by atoms with E-state index in [1.165, 1.54) is 0 Å². The zero-order valence-electron chi connectivity index (χ0n) is 15.6. The van der Waals surface area contributed by atoms with Gasteiger partial charge in [0.1, 0.15) is 0 Å². The summed E-state index contributed by atoms with van der Waals surface area (Å²) < 4.78 is 1.71. The van der Waals surface area contributed by atoms with Crippen LogP contribution in [0.5, 0.6) is 0 Å². The van der Waals surface area contributed by atoms with Crippen molar-refractivity contribution in [3.8, 4) is 0 Å². The van der Waals surface area contributed by atoms with Crippen LogP contribution in [0.25, 0.3) is 5.52 Å². The molecule has 6 nitrogen and oxygen atoms in total. The maximum atomic E-state index is 13.0.